The van der Waals surface area contributed by atoms with Gasteiger partial charge in [-0.3, -0.25) is 0 Å². The van der Waals surface area contributed by atoms with Gasteiger partial charge >= 0.3 is 0 Å². The second-order valence-electron chi connectivity index (χ2n) is 5.40. The molecule has 0 aromatic heterocycles. The highest BCUT2D eigenvalue weighted by Crippen LogP contribution is 2.30. The lowest BCUT2D eigenvalue weighted by atomic mass is 10.0. The van der Waals surface area contributed by atoms with Gasteiger partial charge in [0.15, 0.2) is 0 Å². The van der Waals surface area contributed by atoms with E-state index in [1.807, 2.05) is 18.2 Å². The molecule has 1 aliphatic carbocycles. The van der Waals surface area contributed by atoms with Gasteiger partial charge in [0.2, 0.25) is 0 Å². The van der Waals surface area contributed by atoms with Crippen molar-refractivity contribution in [2.24, 2.45) is 0 Å². The maximum absolute atomic E-state index is 10.5. The lowest BCUT2D eigenvalue weighted by molar-refractivity contribution is -0.0606. The second-order valence-corrected chi connectivity index (χ2v) is 5.40. The van der Waals surface area contributed by atoms with Crippen LogP contribution in [0.25, 0.3) is 0 Å². The summed E-state index contributed by atoms with van der Waals surface area (Å²) < 4.78 is 16.3. The maximum atomic E-state index is 10.5. The van der Waals surface area contributed by atoms with E-state index in [1.165, 1.54) is 5.56 Å². The quantitative estimate of drug-likeness (QED) is 0.591. The van der Waals surface area contributed by atoms with E-state index in [0.29, 0.717) is 19.8 Å². The van der Waals surface area contributed by atoms with Crippen LogP contribution in [0.2, 0.25) is 0 Å². The van der Waals surface area contributed by atoms with Gasteiger partial charge in [-0.15, -0.1) is 0 Å². The number of fused-ring (bicyclic) bond motifs is 1. The highest BCUT2D eigenvalue weighted by Gasteiger charge is 2.26. The van der Waals surface area contributed by atoms with Crippen LogP contribution in [0.15, 0.2) is 24.3 Å². The van der Waals surface area contributed by atoms with Crippen molar-refractivity contribution in [2.45, 2.75) is 37.9 Å². The average Bonchev–Trinajstić information content (AvgIpc) is 2.67. The molecule has 0 aliphatic heterocycles. The Labute approximate surface area is 127 Å². The normalized spacial score (nSPS) is 21.8. The van der Waals surface area contributed by atoms with Gasteiger partial charge in [0.05, 0.1) is 19.3 Å². The van der Waals surface area contributed by atoms with Crippen molar-refractivity contribution < 1.29 is 19.3 Å². The molecule has 2 rings (SSSR count). The molecule has 2 unspecified atom stereocenters. The molecule has 0 saturated heterocycles. The molecule has 1 aromatic rings. The number of hydrogen-bond donors (Lipinski definition) is 1. The fourth-order valence-electron chi connectivity index (χ4n) is 2.74. The van der Waals surface area contributed by atoms with E-state index < -0.39 is 6.10 Å². The van der Waals surface area contributed by atoms with Gasteiger partial charge in [-0.2, -0.15) is 0 Å². The van der Waals surface area contributed by atoms with Gasteiger partial charge in [0.25, 0.3) is 0 Å². The number of aliphatic hydroxyl groups is 1. The summed E-state index contributed by atoms with van der Waals surface area (Å²) in [5.74, 6) is 0. The minimum Gasteiger partial charge on any atom is -0.386 e. The van der Waals surface area contributed by atoms with Gasteiger partial charge in [0, 0.05) is 20.3 Å². The Bertz CT molecular complexity index is 408. The summed E-state index contributed by atoms with van der Waals surface area (Å²) in [6.07, 6.45) is 3.19. The molecule has 0 spiro atoms. The van der Waals surface area contributed by atoms with Crippen LogP contribution in [0.4, 0.5) is 0 Å². The molecule has 1 aromatic carbocycles. The van der Waals surface area contributed by atoms with Crippen molar-refractivity contribution in [3.8, 4) is 0 Å². The molecule has 0 radical (unpaired) electrons. The smallest absolute Gasteiger partial charge is 0.105 e. The topological polar surface area (TPSA) is 47.9 Å². The summed E-state index contributed by atoms with van der Waals surface area (Å²) in [6, 6.07) is 8.10. The highest BCUT2D eigenvalue weighted by molar-refractivity contribution is 5.30. The van der Waals surface area contributed by atoms with Crippen molar-refractivity contribution in [2.75, 3.05) is 33.5 Å². The molecule has 4 heteroatoms. The molecule has 1 N–H and O–H groups in total. The number of benzene rings is 1. The number of aliphatic hydroxyl groups excluding tert-OH is 1. The van der Waals surface area contributed by atoms with Gasteiger partial charge in [-0.05, 0) is 36.8 Å². The zero-order valence-corrected chi connectivity index (χ0v) is 12.8. The molecule has 0 fully saturated rings. The largest absolute Gasteiger partial charge is 0.386 e. The number of aryl methyl sites for hydroxylation is 1. The SMILES string of the molecule is COCCCOCCOC1CCCc2ccccc2C1O. The van der Waals surface area contributed by atoms with E-state index in [0.717, 1.165) is 37.9 Å². The monoisotopic (exact) mass is 294 g/mol. The van der Waals surface area contributed by atoms with E-state index in [-0.39, 0.29) is 6.10 Å². The zero-order valence-electron chi connectivity index (χ0n) is 12.8. The first-order valence-electron chi connectivity index (χ1n) is 7.77. The van der Waals surface area contributed by atoms with E-state index in [9.17, 15) is 5.11 Å². The zero-order chi connectivity index (χ0) is 14.9. The van der Waals surface area contributed by atoms with Crippen LogP contribution in [0, 0.1) is 0 Å². The Morgan fingerprint density at radius 3 is 2.86 bits per heavy atom. The molecule has 0 bridgehead atoms. The lowest BCUT2D eigenvalue weighted by Crippen LogP contribution is -2.23. The molecule has 0 saturated carbocycles. The first kappa shape index (κ1) is 16.4. The minimum atomic E-state index is -0.530. The molecule has 0 amide bonds. The van der Waals surface area contributed by atoms with Crippen LogP contribution in [0.1, 0.15) is 36.5 Å². The van der Waals surface area contributed by atoms with Crippen molar-refractivity contribution >= 4 is 0 Å². The summed E-state index contributed by atoms with van der Waals surface area (Å²) >= 11 is 0. The molecule has 0 heterocycles. The number of methoxy groups -OCH3 is 1. The van der Waals surface area contributed by atoms with Gasteiger partial charge in [0.1, 0.15) is 6.10 Å². The van der Waals surface area contributed by atoms with Crippen molar-refractivity contribution in [1.82, 2.24) is 0 Å². The molecule has 118 valence electrons. The summed E-state index contributed by atoms with van der Waals surface area (Å²) in [5, 5.41) is 10.5. The predicted octanol–water partition coefficient (Wildman–Crippen LogP) is 2.49. The van der Waals surface area contributed by atoms with Crippen LogP contribution >= 0.6 is 0 Å². The maximum Gasteiger partial charge on any atom is 0.105 e. The van der Waals surface area contributed by atoms with E-state index in [4.69, 9.17) is 14.2 Å². The molecule has 21 heavy (non-hydrogen) atoms. The van der Waals surface area contributed by atoms with Crippen LogP contribution in [-0.2, 0) is 20.6 Å². The third-order valence-electron chi connectivity index (χ3n) is 3.86. The van der Waals surface area contributed by atoms with Gasteiger partial charge in [-0.1, -0.05) is 24.3 Å². The molecule has 1 aliphatic rings. The Hall–Kier alpha value is -0.940. The molecule has 2 atom stereocenters. The highest BCUT2D eigenvalue weighted by atomic mass is 16.5. The second kappa shape index (κ2) is 9.15. The van der Waals surface area contributed by atoms with Crippen molar-refractivity contribution in [3.63, 3.8) is 0 Å². The molecular formula is C17H26O4. The number of ether oxygens (including phenoxy) is 3. The van der Waals surface area contributed by atoms with Crippen LogP contribution in [-0.4, -0.2) is 44.7 Å². The third kappa shape index (κ3) is 5.08. The van der Waals surface area contributed by atoms with Gasteiger partial charge in [-0.25, -0.2) is 0 Å². The Kier molecular flexibility index (Phi) is 7.16. The van der Waals surface area contributed by atoms with Crippen LogP contribution < -0.4 is 0 Å². The Balaban J connectivity index is 1.74. The Morgan fingerprint density at radius 1 is 1.14 bits per heavy atom. The molecule has 4 nitrogen and oxygen atoms in total. The van der Waals surface area contributed by atoms with Crippen LogP contribution in [0.3, 0.4) is 0 Å². The average molecular weight is 294 g/mol. The number of hydrogen-bond acceptors (Lipinski definition) is 4. The van der Waals surface area contributed by atoms with E-state index in [1.54, 1.807) is 7.11 Å². The van der Waals surface area contributed by atoms with Crippen LogP contribution in [0.5, 0.6) is 0 Å². The predicted molar refractivity (Wildman–Crippen MR) is 81.4 cm³/mol. The first-order valence-corrected chi connectivity index (χ1v) is 7.77. The fraction of sp³-hybridized carbons (Fsp3) is 0.647. The van der Waals surface area contributed by atoms with Crippen molar-refractivity contribution in [3.05, 3.63) is 35.4 Å². The first-order chi connectivity index (χ1) is 10.3. The Morgan fingerprint density at radius 2 is 2.00 bits per heavy atom. The van der Waals surface area contributed by atoms with E-state index >= 15 is 0 Å². The summed E-state index contributed by atoms with van der Waals surface area (Å²) in [4.78, 5) is 0. The summed E-state index contributed by atoms with van der Waals surface area (Å²) in [5.41, 5.74) is 2.26. The summed E-state index contributed by atoms with van der Waals surface area (Å²) in [7, 11) is 1.69. The number of rotatable bonds is 8. The summed E-state index contributed by atoms with van der Waals surface area (Å²) in [6.45, 7) is 2.50. The lowest BCUT2D eigenvalue weighted by Gasteiger charge is -2.22. The van der Waals surface area contributed by atoms with E-state index in [2.05, 4.69) is 6.07 Å². The van der Waals surface area contributed by atoms with Gasteiger partial charge < -0.3 is 19.3 Å². The third-order valence-corrected chi connectivity index (χ3v) is 3.86. The fourth-order valence-corrected chi connectivity index (χ4v) is 2.74. The standard InChI is InChI=1S/C17H26O4/c1-19-10-5-11-20-12-13-21-16-9-4-7-14-6-2-3-8-15(14)17(16)18/h2-3,6,8,16-18H,4-5,7,9-13H2,1H3. The minimum absolute atomic E-state index is 0.128. The van der Waals surface area contributed by atoms with Crippen molar-refractivity contribution in [1.29, 1.82) is 0 Å². The molecular weight excluding hydrogens is 268 g/mol.